The lowest BCUT2D eigenvalue weighted by molar-refractivity contribution is -0.147. The summed E-state index contributed by atoms with van der Waals surface area (Å²) in [5, 5.41) is 30.7. The molecule has 2 fully saturated rings. The summed E-state index contributed by atoms with van der Waals surface area (Å²) in [4.78, 5) is 82.0. The van der Waals surface area contributed by atoms with Crippen LogP contribution in [0.3, 0.4) is 0 Å². The first-order valence-corrected chi connectivity index (χ1v) is 19.4. The minimum absolute atomic E-state index is 0.0446. The van der Waals surface area contributed by atoms with Gasteiger partial charge in [0, 0.05) is 19.1 Å². The van der Waals surface area contributed by atoms with Gasteiger partial charge in [0.15, 0.2) is 5.96 Å². The third kappa shape index (κ3) is 12.4. The Morgan fingerprint density at radius 2 is 1.42 bits per heavy atom. The first-order valence-electron chi connectivity index (χ1n) is 19.4. The fraction of sp³-hybridized carbons (Fsp3) is 0.405. The molecule has 3 aromatic carbocycles. The number of nitrogens with one attached hydrogen (secondary N) is 6. The van der Waals surface area contributed by atoms with E-state index in [4.69, 9.17) is 11.1 Å². The lowest BCUT2D eigenvalue weighted by Crippen LogP contribution is -2.61. The summed E-state index contributed by atoms with van der Waals surface area (Å²) in [7, 11) is 0. The van der Waals surface area contributed by atoms with Crippen molar-refractivity contribution in [3.05, 3.63) is 108 Å². The fourth-order valence-electron chi connectivity index (χ4n) is 7.70. The van der Waals surface area contributed by atoms with Crippen LogP contribution in [0.4, 0.5) is 0 Å². The molecule has 0 aromatic heterocycles. The first-order chi connectivity index (χ1) is 27.5. The third-order valence-electron chi connectivity index (χ3n) is 10.4. The number of hydrogen-bond acceptors (Lipinski definition) is 7. The maximum atomic E-state index is 14.3. The van der Waals surface area contributed by atoms with Gasteiger partial charge in [-0.1, -0.05) is 91.0 Å². The molecule has 0 radical (unpaired) electrons. The molecule has 2 saturated heterocycles. The average Bonchev–Trinajstić information content (AvgIpc) is 3.56. The number of nitrogens with zero attached hydrogens (tertiary/aromatic N) is 1. The predicted octanol–water partition coefficient (Wildman–Crippen LogP) is 1.40. The molecule has 5 amide bonds. The summed E-state index contributed by atoms with van der Waals surface area (Å²) in [5.74, 6) is -4.39. The number of rotatable bonds is 19. The smallest absolute Gasteiger partial charge is 0.305 e. The van der Waals surface area contributed by atoms with Gasteiger partial charge in [0.05, 0.1) is 12.8 Å². The zero-order valence-electron chi connectivity index (χ0n) is 31.8. The second kappa shape index (κ2) is 20.6. The number of fused-ring (bicyclic) bond motifs is 1. The van der Waals surface area contributed by atoms with Crippen molar-refractivity contribution >= 4 is 41.5 Å². The lowest BCUT2D eigenvalue weighted by atomic mass is 9.86. The highest BCUT2D eigenvalue weighted by molar-refractivity contribution is 5.97. The quantitative estimate of drug-likeness (QED) is 0.0498. The molecule has 15 nitrogen and oxygen atoms in total. The van der Waals surface area contributed by atoms with Crippen LogP contribution in [-0.4, -0.2) is 94.8 Å². The van der Waals surface area contributed by atoms with Crippen LogP contribution >= 0.6 is 0 Å². The topological polar surface area (TPSA) is 236 Å². The minimum atomic E-state index is -1.43. The molecule has 0 bridgehead atoms. The molecule has 9 N–H and O–H groups in total. The van der Waals surface area contributed by atoms with E-state index in [0.29, 0.717) is 32.1 Å². The van der Waals surface area contributed by atoms with Crippen molar-refractivity contribution in [2.24, 2.45) is 11.7 Å². The summed E-state index contributed by atoms with van der Waals surface area (Å²) in [6.45, 7) is 0.406. The monoisotopic (exact) mass is 780 g/mol. The van der Waals surface area contributed by atoms with E-state index >= 15 is 0 Å². The number of piperidine rings is 1. The molecule has 2 heterocycles. The summed E-state index contributed by atoms with van der Waals surface area (Å²) in [6.07, 6.45) is 2.10. The molecule has 0 saturated carbocycles. The number of benzene rings is 3. The Kier molecular flexibility index (Phi) is 15.1. The normalized spacial score (nSPS) is 19.6. The van der Waals surface area contributed by atoms with Crippen LogP contribution in [-0.2, 0) is 48.0 Å². The van der Waals surface area contributed by atoms with E-state index in [2.05, 4.69) is 26.6 Å². The van der Waals surface area contributed by atoms with Gasteiger partial charge in [-0.05, 0) is 67.6 Å². The maximum Gasteiger partial charge on any atom is 0.305 e. The minimum Gasteiger partial charge on any atom is -0.481 e. The maximum absolute atomic E-state index is 14.3. The van der Waals surface area contributed by atoms with Crippen LogP contribution in [0.5, 0.6) is 0 Å². The van der Waals surface area contributed by atoms with Crippen molar-refractivity contribution in [3.8, 4) is 0 Å². The average molecular weight is 781 g/mol. The number of guanidine groups is 1. The van der Waals surface area contributed by atoms with Crippen LogP contribution in [0, 0.1) is 11.3 Å². The number of carbonyl (C=O) groups is 6. The molecule has 6 atom stereocenters. The molecule has 0 aliphatic carbocycles. The van der Waals surface area contributed by atoms with Crippen LogP contribution in [0.2, 0.25) is 0 Å². The van der Waals surface area contributed by atoms with E-state index < -0.39 is 54.3 Å². The van der Waals surface area contributed by atoms with Gasteiger partial charge in [-0.2, -0.15) is 0 Å². The van der Waals surface area contributed by atoms with Crippen LogP contribution in [0.25, 0.3) is 0 Å². The van der Waals surface area contributed by atoms with Gasteiger partial charge in [0.2, 0.25) is 29.5 Å². The molecule has 0 spiro atoms. The highest BCUT2D eigenvalue weighted by Crippen LogP contribution is 2.39. The summed E-state index contributed by atoms with van der Waals surface area (Å²) >= 11 is 0. The first kappa shape index (κ1) is 41.9. The zero-order chi connectivity index (χ0) is 40.7. The van der Waals surface area contributed by atoms with E-state index in [-0.39, 0.29) is 62.1 Å². The standard InChI is InChI=1S/C42H52N8O7/c43-42(44)46-21-10-17-31(39(55)49-33(26-37(52)53)38(54)45-22-20-27-11-4-1-5-12-27)48-40(56)35-25-30(23-28-13-6-2-7-14-28)34-19-18-32(41(57)50(34)35)47-36(51)24-29-15-8-3-9-16-29/h1-9,11-16,30-35H,10,17-26H2,(H,45,54)(H,47,51)(H,48,56)(H,49,55)(H,52,53)(H4,43,44,46)/t30?,31?,32?,33-,34?,35-/m0/s1. The second-order valence-corrected chi connectivity index (χ2v) is 14.6. The number of carboxylic acids is 1. The van der Waals surface area contributed by atoms with Crippen molar-refractivity contribution < 1.29 is 33.9 Å². The van der Waals surface area contributed by atoms with Crippen molar-refractivity contribution in [2.45, 2.75) is 88.0 Å². The fourth-order valence-corrected chi connectivity index (χ4v) is 7.70. The Balaban J connectivity index is 1.32. The largest absolute Gasteiger partial charge is 0.481 e. The number of carbonyl (C=O) groups excluding carboxylic acids is 5. The molecule has 2 aliphatic heterocycles. The Morgan fingerprint density at radius 3 is 2.05 bits per heavy atom. The van der Waals surface area contributed by atoms with E-state index in [1.54, 1.807) is 4.90 Å². The molecule has 15 heteroatoms. The molecular weight excluding hydrogens is 729 g/mol. The van der Waals surface area contributed by atoms with Crippen molar-refractivity contribution in [1.29, 1.82) is 5.41 Å². The van der Waals surface area contributed by atoms with Crippen molar-refractivity contribution in [2.75, 3.05) is 13.1 Å². The number of nitrogens with two attached hydrogens (primary N) is 1. The van der Waals surface area contributed by atoms with Crippen molar-refractivity contribution in [3.63, 3.8) is 0 Å². The lowest BCUT2D eigenvalue weighted by Gasteiger charge is -2.39. The summed E-state index contributed by atoms with van der Waals surface area (Å²) < 4.78 is 0. The van der Waals surface area contributed by atoms with Crippen LogP contribution in [0.1, 0.15) is 55.2 Å². The Morgan fingerprint density at radius 1 is 0.789 bits per heavy atom. The van der Waals surface area contributed by atoms with E-state index in [9.17, 15) is 33.9 Å². The van der Waals surface area contributed by atoms with Gasteiger partial charge < -0.3 is 42.3 Å². The molecular formula is C42H52N8O7. The molecule has 3 aromatic rings. The zero-order valence-corrected chi connectivity index (χ0v) is 31.8. The van der Waals surface area contributed by atoms with Gasteiger partial charge in [0.1, 0.15) is 24.2 Å². The Bertz CT molecular complexity index is 1860. The highest BCUT2D eigenvalue weighted by Gasteiger charge is 2.51. The third-order valence-corrected chi connectivity index (χ3v) is 10.4. The van der Waals surface area contributed by atoms with Gasteiger partial charge in [-0.15, -0.1) is 0 Å². The van der Waals surface area contributed by atoms with Gasteiger partial charge in [-0.25, -0.2) is 0 Å². The summed E-state index contributed by atoms with van der Waals surface area (Å²) in [5.41, 5.74) is 8.26. The molecule has 5 rings (SSSR count). The number of carboxylic acid groups (broad SMARTS) is 1. The molecule has 57 heavy (non-hydrogen) atoms. The van der Waals surface area contributed by atoms with Crippen molar-refractivity contribution in [1.82, 2.24) is 31.5 Å². The SMILES string of the molecule is N=C(N)NCCCC(NC(=O)[C@@H]1CC(Cc2ccccc2)C2CCC(NC(=O)Cc3ccccc3)C(=O)N21)C(=O)N[C@@H](CC(=O)O)C(=O)NCCc1ccccc1. The van der Waals surface area contributed by atoms with Crippen LogP contribution in [0.15, 0.2) is 91.0 Å². The predicted molar refractivity (Wildman–Crippen MR) is 212 cm³/mol. The van der Waals surface area contributed by atoms with Gasteiger partial charge >= 0.3 is 5.97 Å². The number of hydrogen-bond donors (Lipinski definition) is 8. The summed E-state index contributed by atoms with van der Waals surface area (Å²) in [6, 6.07) is 23.6. The van der Waals surface area contributed by atoms with E-state index in [0.717, 1.165) is 16.7 Å². The molecule has 2 aliphatic rings. The highest BCUT2D eigenvalue weighted by atomic mass is 16.4. The van der Waals surface area contributed by atoms with Gasteiger partial charge in [0.25, 0.3) is 0 Å². The van der Waals surface area contributed by atoms with Crippen LogP contribution < -0.4 is 32.3 Å². The molecule has 4 unspecified atom stereocenters. The van der Waals surface area contributed by atoms with E-state index in [1.165, 1.54) is 0 Å². The molecule has 302 valence electrons. The second-order valence-electron chi connectivity index (χ2n) is 14.6. The Labute approximate surface area is 332 Å². The number of amides is 5. The van der Waals surface area contributed by atoms with Gasteiger partial charge in [-0.3, -0.25) is 34.2 Å². The number of aliphatic carboxylic acids is 1. The van der Waals surface area contributed by atoms with E-state index in [1.807, 2.05) is 91.0 Å². The Hall–Kier alpha value is -6.25.